The van der Waals surface area contributed by atoms with Crippen molar-refractivity contribution in [3.8, 4) is 11.1 Å². The van der Waals surface area contributed by atoms with Gasteiger partial charge < -0.3 is 14.7 Å². The molecule has 0 fully saturated rings. The van der Waals surface area contributed by atoms with Crippen molar-refractivity contribution < 1.29 is 8.81 Å². The summed E-state index contributed by atoms with van der Waals surface area (Å²) < 4.78 is 21.9. The summed E-state index contributed by atoms with van der Waals surface area (Å²) in [6, 6.07) is 12.4. The van der Waals surface area contributed by atoms with Crippen LogP contribution in [0.4, 0.5) is 10.2 Å². The van der Waals surface area contributed by atoms with Crippen molar-refractivity contribution >= 4 is 28.0 Å². The molecular formula is C22H16FN5O2. The largest absolute Gasteiger partial charge is 0.458 e. The van der Waals surface area contributed by atoms with Crippen molar-refractivity contribution in [2.24, 2.45) is 0 Å². The third-order valence-corrected chi connectivity index (χ3v) is 5.12. The molecule has 2 N–H and O–H groups in total. The number of hydrogen-bond donors (Lipinski definition) is 1. The molecule has 5 rings (SSSR count). The van der Waals surface area contributed by atoms with Crippen LogP contribution in [0.25, 0.3) is 33.3 Å². The number of benzene rings is 2. The average molecular weight is 401 g/mol. The number of fused-ring (bicyclic) bond motifs is 2. The first-order valence-electron chi connectivity index (χ1n) is 9.29. The second-order valence-corrected chi connectivity index (χ2v) is 6.94. The molecule has 1 atom stereocenters. The molecule has 0 aliphatic heterocycles. The summed E-state index contributed by atoms with van der Waals surface area (Å²) in [6.45, 7) is 1.86. The van der Waals surface area contributed by atoms with Crippen LogP contribution in [0.3, 0.4) is 0 Å². The number of nitrogen functional groups attached to an aromatic ring is 1. The molecule has 5 aromatic rings. The van der Waals surface area contributed by atoms with E-state index in [4.69, 9.17) is 10.2 Å². The van der Waals surface area contributed by atoms with Crippen molar-refractivity contribution in [2.45, 2.75) is 13.0 Å². The number of nitrogens with zero attached hydrogens (tertiary/aromatic N) is 4. The van der Waals surface area contributed by atoms with Crippen molar-refractivity contribution in [3.05, 3.63) is 83.0 Å². The number of nitrogens with two attached hydrogens (primary N) is 1. The Morgan fingerprint density at radius 1 is 1.10 bits per heavy atom. The molecule has 30 heavy (non-hydrogen) atoms. The van der Waals surface area contributed by atoms with Gasteiger partial charge in [-0.15, -0.1) is 0 Å². The third kappa shape index (κ3) is 2.73. The predicted octanol–water partition coefficient (Wildman–Crippen LogP) is 3.93. The van der Waals surface area contributed by atoms with Crippen LogP contribution >= 0.6 is 0 Å². The first kappa shape index (κ1) is 18.0. The maximum absolute atomic E-state index is 14.0. The van der Waals surface area contributed by atoms with E-state index in [1.54, 1.807) is 47.3 Å². The molecule has 0 aliphatic carbocycles. The van der Waals surface area contributed by atoms with E-state index in [-0.39, 0.29) is 11.2 Å². The molecule has 0 bridgehead atoms. The van der Waals surface area contributed by atoms with Crippen molar-refractivity contribution in [3.63, 3.8) is 0 Å². The highest BCUT2D eigenvalue weighted by molar-refractivity contribution is 5.84. The Morgan fingerprint density at radius 2 is 1.93 bits per heavy atom. The van der Waals surface area contributed by atoms with Gasteiger partial charge in [0.15, 0.2) is 11.5 Å². The molecule has 0 saturated carbocycles. The van der Waals surface area contributed by atoms with Crippen LogP contribution in [0, 0.1) is 5.82 Å². The smallest absolute Gasteiger partial charge is 0.200 e. The lowest BCUT2D eigenvalue weighted by molar-refractivity contribution is 0.467. The molecule has 8 heteroatoms. The van der Waals surface area contributed by atoms with Crippen LogP contribution in [0.5, 0.6) is 0 Å². The third-order valence-electron chi connectivity index (χ3n) is 5.12. The van der Waals surface area contributed by atoms with Crippen LogP contribution in [0.1, 0.15) is 18.7 Å². The Balaban J connectivity index is 1.82. The highest BCUT2D eigenvalue weighted by atomic mass is 19.1. The van der Waals surface area contributed by atoms with Gasteiger partial charge in [-0.1, -0.05) is 24.3 Å². The topological polar surface area (TPSA) is 99.8 Å². The number of aromatic nitrogens is 4. The summed E-state index contributed by atoms with van der Waals surface area (Å²) in [6.07, 6.45) is 2.93. The molecule has 3 aromatic heterocycles. The van der Waals surface area contributed by atoms with E-state index in [9.17, 15) is 9.18 Å². The predicted molar refractivity (Wildman–Crippen MR) is 111 cm³/mol. The zero-order valence-corrected chi connectivity index (χ0v) is 15.9. The number of rotatable bonds is 3. The van der Waals surface area contributed by atoms with Gasteiger partial charge in [-0.2, -0.15) is 0 Å². The molecule has 0 radical (unpaired) electrons. The van der Waals surface area contributed by atoms with E-state index in [0.29, 0.717) is 39.0 Å². The Hall–Kier alpha value is -4.07. The second-order valence-electron chi connectivity index (χ2n) is 6.94. The van der Waals surface area contributed by atoms with Gasteiger partial charge in [-0.3, -0.25) is 4.79 Å². The first-order valence-corrected chi connectivity index (χ1v) is 9.29. The molecular weight excluding hydrogens is 385 g/mol. The van der Waals surface area contributed by atoms with Crippen molar-refractivity contribution in [1.82, 2.24) is 19.5 Å². The first-order chi connectivity index (χ1) is 14.5. The highest BCUT2D eigenvalue weighted by Gasteiger charge is 2.24. The summed E-state index contributed by atoms with van der Waals surface area (Å²) in [5.74, 6) is 0.198. The van der Waals surface area contributed by atoms with E-state index in [1.807, 2.05) is 6.92 Å². The van der Waals surface area contributed by atoms with Gasteiger partial charge in [0.2, 0.25) is 5.43 Å². The molecule has 1 unspecified atom stereocenters. The van der Waals surface area contributed by atoms with Gasteiger partial charge in [0.25, 0.3) is 0 Å². The van der Waals surface area contributed by atoms with E-state index in [0.717, 1.165) is 0 Å². The summed E-state index contributed by atoms with van der Waals surface area (Å²) in [5.41, 5.74) is 7.82. The quantitative estimate of drug-likeness (QED) is 0.492. The Morgan fingerprint density at radius 3 is 2.77 bits per heavy atom. The lowest BCUT2D eigenvalue weighted by Crippen LogP contribution is -2.15. The fourth-order valence-electron chi connectivity index (χ4n) is 3.65. The molecule has 0 aliphatic rings. The number of para-hydroxylation sites is 1. The Bertz CT molecular complexity index is 1470. The van der Waals surface area contributed by atoms with Gasteiger partial charge in [0.05, 0.1) is 23.3 Å². The molecule has 0 spiro atoms. The zero-order chi connectivity index (χ0) is 20.8. The second kappa shape index (κ2) is 6.77. The molecule has 0 amide bonds. The summed E-state index contributed by atoms with van der Waals surface area (Å²) in [5, 5.41) is 0.426. The number of halogens is 1. The molecule has 3 heterocycles. The summed E-state index contributed by atoms with van der Waals surface area (Å²) >= 11 is 0. The normalized spacial score (nSPS) is 12.5. The standard InChI is InChI=1S/C22H16FN5O2/c1-12(28-11-27-18-21(24)25-10-26-22(18)28)20-17(13-5-4-6-14(23)9-13)19(29)15-7-2-3-8-16(15)30-20/h2-12H,1H3,(H2,24,25,26). The molecule has 148 valence electrons. The summed E-state index contributed by atoms with van der Waals surface area (Å²) in [4.78, 5) is 25.9. The van der Waals surface area contributed by atoms with Crippen LogP contribution in [0.2, 0.25) is 0 Å². The Labute approximate surface area is 169 Å². The SMILES string of the molecule is CC(c1oc2ccccc2c(=O)c1-c1cccc(F)c1)n1cnc2c(N)ncnc21. The number of hydrogen-bond acceptors (Lipinski definition) is 6. The maximum atomic E-state index is 14.0. The average Bonchev–Trinajstić information content (AvgIpc) is 3.19. The van der Waals surface area contributed by atoms with E-state index in [1.165, 1.54) is 18.5 Å². The zero-order valence-electron chi connectivity index (χ0n) is 15.9. The maximum Gasteiger partial charge on any atom is 0.200 e. The van der Waals surface area contributed by atoms with Crippen molar-refractivity contribution in [2.75, 3.05) is 5.73 Å². The fourth-order valence-corrected chi connectivity index (χ4v) is 3.65. The van der Waals surface area contributed by atoms with Gasteiger partial charge in [-0.05, 0) is 36.8 Å². The van der Waals surface area contributed by atoms with E-state index >= 15 is 0 Å². The van der Waals surface area contributed by atoms with Gasteiger partial charge in [0.1, 0.15) is 29.0 Å². The van der Waals surface area contributed by atoms with Crippen LogP contribution in [0.15, 0.2) is 70.4 Å². The monoisotopic (exact) mass is 401 g/mol. The van der Waals surface area contributed by atoms with Crippen LogP contribution in [-0.4, -0.2) is 19.5 Å². The Kier molecular flexibility index (Phi) is 4.06. The lowest BCUT2D eigenvalue weighted by Gasteiger charge is -2.17. The number of imidazole rings is 1. The lowest BCUT2D eigenvalue weighted by atomic mass is 9.99. The van der Waals surface area contributed by atoms with Crippen LogP contribution in [-0.2, 0) is 0 Å². The minimum absolute atomic E-state index is 0.233. The minimum Gasteiger partial charge on any atom is -0.458 e. The molecule has 7 nitrogen and oxygen atoms in total. The number of anilines is 1. The molecule has 0 saturated heterocycles. The molecule has 2 aromatic carbocycles. The van der Waals surface area contributed by atoms with E-state index < -0.39 is 11.9 Å². The van der Waals surface area contributed by atoms with Crippen LogP contribution < -0.4 is 11.2 Å². The minimum atomic E-state index is -0.472. The fraction of sp³-hybridized carbons (Fsp3) is 0.0909. The van der Waals surface area contributed by atoms with E-state index in [2.05, 4.69) is 15.0 Å². The van der Waals surface area contributed by atoms with Gasteiger partial charge >= 0.3 is 0 Å². The van der Waals surface area contributed by atoms with Crippen molar-refractivity contribution in [1.29, 1.82) is 0 Å². The van der Waals surface area contributed by atoms with Gasteiger partial charge in [-0.25, -0.2) is 19.3 Å². The summed E-state index contributed by atoms with van der Waals surface area (Å²) in [7, 11) is 0. The highest BCUT2D eigenvalue weighted by Crippen LogP contribution is 2.32. The van der Waals surface area contributed by atoms with Gasteiger partial charge in [0, 0.05) is 0 Å².